The van der Waals surface area contributed by atoms with Crippen molar-refractivity contribution in [2.75, 3.05) is 26.9 Å². The molecule has 1 fully saturated rings. The zero-order chi connectivity index (χ0) is 20.6. The number of hydrogen-bond acceptors (Lipinski definition) is 5. The molecule has 0 spiro atoms. The Bertz CT molecular complexity index is 810. The number of aryl methyl sites for hydroxylation is 1. The second-order valence-corrected chi connectivity index (χ2v) is 7.28. The highest BCUT2D eigenvalue weighted by Crippen LogP contribution is 2.17. The molecule has 1 aliphatic heterocycles. The molecule has 29 heavy (non-hydrogen) atoms. The molecule has 0 bridgehead atoms. The molecule has 1 aliphatic rings. The van der Waals surface area contributed by atoms with Gasteiger partial charge >= 0.3 is 5.97 Å². The van der Waals surface area contributed by atoms with Crippen LogP contribution in [-0.2, 0) is 20.8 Å². The van der Waals surface area contributed by atoms with E-state index in [1.165, 1.54) is 5.56 Å². The molecular formula is C23H27NO5. The highest BCUT2D eigenvalue weighted by molar-refractivity contribution is 5.91. The lowest BCUT2D eigenvalue weighted by molar-refractivity contribution is -0.133. The van der Waals surface area contributed by atoms with Crippen LogP contribution in [0.25, 0.3) is 0 Å². The summed E-state index contributed by atoms with van der Waals surface area (Å²) in [7, 11) is 1.69. The van der Waals surface area contributed by atoms with E-state index >= 15 is 0 Å². The first-order valence-electron chi connectivity index (χ1n) is 9.82. The molecule has 1 amide bonds. The largest absolute Gasteiger partial charge is 0.491 e. The van der Waals surface area contributed by atoms with Gasteiger partial charge in [-0.3, -0.25) is 4.79 Å². The fraction of sp³-hybridized carbons (Fsp3) is 0.391. The van der Waals surface area contributed by atoms with Gasteiger partial charge in [-0.25, -0.2) is 4.79 Å². The molecule has 0 aromatic heterocycles. The zero-order valence-corrected chi connectivity index (χ0v) is 16.9. The van der Waals surface area contributed by atoms with Crippen LogP contribution in [0.5, 0.6) is 5.75 Å². The van der Waals surface area contributed by atoms with Crippen molar-refractivity contribution in [1.82, 2.24) is 4.90 Å². The maximum Gasteiger partial charge on any atom is 0.338 e. The number of nitrogens with zero attached hydrogens (tertiary/aromatic N) is 1. The van der Waals surface area contributed by atoms with Gasteiger partial charge < -0.3 is 19.1 Å². The number of likely N-dealkylation sites (N-methyl/N-ethyl adjacent to an activating group) is 1. The van der Waals surface area contributed by atoms with Crippen LogP contribution < -0.4 is 4.74 Å². The number of carbonyl (C=O) groups is 2. The molecule has 6 nitrogen and oxygen atoms in total. The van der Waals surface area contributed by atoms with Gasteiger partial charge in [0.2, 0.25) is 0 Å². The molecule has 154 valence electrons. The maximum absolute atomic E-state index is 12.2. The second kappa shape index (κ2) is 10.1. The van der Waals surface area contributed by atoms with Crippen LogP contribution in [0.4, 0.5) is 0 Å². The van der Waals surface area contributed by atoms with Crippen molar-refractivity contribution in [2.24, 2.45) is 0 Å². The van der Waals surface area contributed by atoms with E-state index in [-0.39, 0.29) is 18.6 Å². The van der Waals surface area contributed by atoms with E-state index < -0.39 is 5.97 Å². The summed E-state index contributed by atoms with van der Waals surface area (Å²) in [6, 6.07) is 14.7. The Hall–Kier alpha value is -2.86. The van der Waals surface area contributed by atoms with Crippen LogP contribution in [0.3, 0.4) is 0 Å². The van der Waals surface area contributed by atoms with Gasteiger partial charge in [-0.05, 0) is 49.6 Å². The Balaban J connectivity index is 1.43. The number of esters is 1. The summed E-state index contributed by atoms with van der Waals surface area (Å²) >= 11 is 0. The lowest BCUT2D eigenvalue weighted by Gasteiger charge is -2.17. The topological polar surface area (TPSA) is 65.1 Å². The van der Waals surface area contributed by atoms with Gasteiger partial charge in [0.1, 0.15) is 12.4 Å². The third-order valence-corrected chi connectivity index (χ3v) is 4.84. The van der Waals surface area contributed by atoms with Crippen LogP contribution in [0, 0.1) is 6.92 Å². The number of rotatable bonds is 8. The van der Waals surface area contributed by atoms with Crippen LogP contribution in [0.2, 0.25) is 0 Å². The number of ether oxygens (including phenoxy) is 3. The zero-order valence-electron chi connectivity index (χ0n) is 16.9. The average Bonchev–Trinajstić information content (AvgIpc) is 3.26. The molecular weight excluding hydrogens is 370 g/mol. The van der Waals surface area contributed by atoms with Crippen LogP contribution in [-0.4, -0.2) is 49.7 Å². The van der Waals surface area contributed by atoms with Gasteiger partial charge in [0.25, 0.3) is 5.91 Å². The molecule has 0 saturated carbocycles. The molecule has 1 heterocycles. The number of hydrogen-bond donors (Lipinski definition) is 0. The number of amides is 1. The molecule has 2 aromatic carbocycles. The summed E-state index contributed by atoms with van der Waals surface area (Å²) in [4.78, 5) is 26.0. The normalized spacial score (nSPS) is 15.7. The minimum atomic E-state index is -0.534. The SMILES string of the molecule is Cc1ccc(CN(C)C(=O)COC(=O)c2ccc(OCC3CCCO3)cc2)cc1. The summed E-state index contributed by atoms with van der Waals surface area (Å²) in [5, 5.41) is 0. The van der Waals surface area contributed by atoms with Crippen molar-refractivity contribution in [3.63, 3.8) is 0 Å². The summed E-state index contributed by atoms with van der Waals surface area (Å²) < 4.78 is 16.4. The van der Waals surface area contributed by atoms with E-state index in [1.807, 2.05) is 31.2 Å². The number of carbonyl (C=O) groups excluding carboxylic acids is 2. The van der Waals surface area contributed by atoms with Crippen LogP contribution >= 0.6 is 0 Å². The first-order chi connectivity index (χ1) is 14.0. The van der Waals surface area contributed by atoms with Crippen molar-refractivity contribution in [3.05, 3.63) is 65.2 Å². The Morgan fingerprint density at radius 3 is 2.48 bits per heavy atom. The second-order valence-electron chi connectivity index (χ2n) is 7.28. The smallest absolute Gasteiger partial charge is 0.338 e. The Morgan fingerprint density at radius 1 is 1.10 bits per heavy atom. The summed E-state index contributed by atoms with van der Waals surface area (Å²) in [5.41, 5.74) is 2.57. The number of benzene rings is 2. The van der Waals surface area contributed by atoms with Crippen molar-refractivity contribution in [1.29, 1.82) is 0 Å². The standard InChI is InChI=1S/C23H27NO5/c1-17-5-7-18(8-6-17)14-24(2)22(25)16-29-23(26)19-9-11-20(12-10-19)28-15-21-4-3-13-27-21/h5-12,21H,3-4,13-16H2,1-2H3. The van der Waals surface area contributed by atoms with Crippen molar-refractivity contribution >= 4 is 11.9 Å². The van der Waals surface area contributed by atoms with Gasteiger partial charge in [0.15, 0.2) is 6.61 Å². The van der Waals surface area contributed by atoms with E-state index in [4.69, 9.17) is 14.2 Å². The van der Waals surface area contributed by atoms with E-state index in [0.29, 0.717) is 24.5 Å². The molecule has 0 radical (unpaired) electrons. The Kier molecular flexibility index (Phi) is 7.25. The van der Waals surface area contributed by atoms with Gasteiger partial charge in [0, 0.05) is 20.2 Å². The van der Waals surface area contributed by atoms with E-state index in [0.717, 1.165) is 25.0 Å². The molecule has 6 heteroatoms. The fourth-order valence-corrected chi connectivity index (χ4v) is 3.03. The first-order valence-corrected chi connectivity index (χ1v) is 9.82. The molecule has 1 unspecified atom stereocenters. The minimum absolute atomic E-state index is 0.141. The molecule has 0 aliphatic carbocycles. The summed E-state index contributed by atoms with van der Waals surface area (Å²) in [6.45, 7) is 3.48. The van der Waals surface area contributed by atoms with Gasteiger partial charge in [-0.2, -0.15) is 0 Å². The predicted molar refractivity (Wildman–Crippen MR) is 109 cm³/mol. The third-order valence-electron chi connectivity index (χ3n) is 4.84. The van der Waals surface area contributed by atoms with Gasteiger partial charge in [0.05, 0.1) is 11.7 Å². The molecule has 3 rings (SSSR count). The van der Waals surface area contributed by atoms with E-state index in [9.17, 15) is 9.59 Å². The van der Waals surface area contributed by atoms with Crippen LogP contribution in [0.15, 0.2) is 48.5 Å². The predicted octanol–water partition coefficient (Wildman–Crippen LogP) is 3.37. The molecule has 1 atom stereocenters. The molecule has 1 saturated heterocycles. The third kappa shape index (κ3) is 6.32. The van der Waals surface area contributed by atoms with E-state index in [1.54, 1.807) is 36.2 Å². The highest BCUT2D eigenvalue weighted by Gasteiger charge is 2.17. The minimum Gasteiger partial charge on any atom is -0.491 e. The summed E-state index contributed by atoms with van der Waals surface area (Å²) in [6.07, 6.45) is 2.22. The lowest BCUT2D eigenvalue weighted by atomic mass is 10.1. The molecule has 2 aromatic rings. The fourth-order valence-electron chi connectivity index (χ4n) is 3.03. The van der Waals surface area contributed by atoms with Gasteiger partial charge in [-0.1, -0.05) is 29.8 Å². The van der Waals surface area contributed by atoms with Gasteiger partial charge in [-0.15, -0.1) is 0 Å². The van der Waals surface area contributed by atoms with E-state index in [2.05, 4.69) is 0 Å². The summed E-state index contributed by atoms with van der Waals surface area (Å²) in [5.74, 6) is -0.117. The van der Waals surface area contributed by atoms with Crippen molar-refractivity contribution in [3.8, 4) is 5.75 Å². The maximum atomic E-state index is 12.2. The average molecular weight is 397 g/mol. The lowest BCUT2D eigenvalue weighted by Crippen LogP contribution is -2.30. The van der Waals surface area contributed by atoms with Crippen LogP contribution in [0.1, 0.15) is 34.3 Å². The van der Waals surface area contributed by atoms with Crippen molar-refractivity contribution in [2.45, 2.75) is 32.4 Å². The van der Waals surface area contributed by atoms with Crippen molar-refractivity contribution < 1.29 is 23.8 Å². The first kappa shape index (κ1) is 20.9. The highest BCUT2D eigenvalue weighted by atomic mass is 16.5. The molecule has 0 N–H and O–H groups in total. The quantitative estimate of drug-likeness (QED) is 0.639. The monoisotopic (exact) mass is 397 g/mol. The Labute approximate surface area is 171 Å². The Morgan fingerprint density at radius 2 is 1.83 bits per heavy atom.